The number of hydrogen-bond donors (Lipinski definition) is 0. The highest BCUT2D eigenvalue weighted by molar-refractivity contribution is 4.92. The van der Waals surface area contributed by atoms with Crippen LogP contribution < -0.4 is 0 Å². The summed E-state index contributed by atoms with van der Waals surface area (Å²) >= 11 is 0. The Morgan fingerprint density at radius 1 is 1.62 bits per heavy atom. The van der Waals surface area contributed by atoms with Crippen molar-refractivity contribution in [1.82, 2.24) is 0 Å². The lowest BCUT2D eigenvalue weighted by Gasteiger charge is -2.51. The van der Waals surface area contributed by atoms with E-state index >= 15 is 0 Å². The molecule has 0 bridgehead atoms. The Balaban J connectivity index is 2.85. The van der Waals surface area contributed by atoms with E-state index in [4.69, 9.17) is 10.00 Å². The van der Waals surface area contributed by atoms with E-state index in [0.29, 0.717) is 13.1 Å². The van der Waals surface area contributed by atoms with Gasteiger partial charge in [0.2, 0.25) is 6.04 Å². The molecule has 1 saturated heterocycles. The molecule has 1 fully saturated rings. The van der Waals surface area contributed by atoms with Gasteiger partial charge >= 0.3 is 0 Å². The second-order valence-electron chi connectivity index (χ2n) is 3.68. The summed E-state index contributed by atoms with van der Waals surface area (Å²) in [4.78, 5) is 0. The van der Waals surface area contributed by atoms with Gasteiger partial charge in [-0.25, -0.2) is 0 Å². The first-order chi connectivity index (χ1) is 6.03. The van der Waals surface area contributed by atoms with E-state index in [0.717, 1.165) is 0 Å². The third-order valence-electron chi connectivity index (χ3n) is 2.63. The Kier molecular flexibility index (Phi) is 2.91. The van der Waals surface area contributed by atoms with Gasteiger partial charge in [-0.1, -0.05) is 0 Å². The molecule has 1 heterocycles. The fourth-order valence-corrected chi connectivity index (χ4v) is 1.95. The monoisotopic (exact) mass is 184 g/mol. The molecular weight excluding hydrogens is 168 g/mol. The fraction of sp³-hybridized carbons (Fsp3) is 0.889. The summed E-state index contributed by atoms with van der Waals surface area (Å²) in [5.74, 6) is 0. The first-order valence-corrected chi connectivity index (χ1v) is 4.66. The molecule has 0 aromatic heterocycles. The van der Waals surface area contributed by atoms with Crippen LogP contribution in [0.1, 0.15) is 20.8 Å². The fourth-order valence-electron chi connectivity index (χ4n) is 1.95. The number of rotatable bonds is 1. The molecule has 13 heavy (non-hydrogen) atoms. The maximum atomic E-state index is 12.1. The number of hydroxylamine groups is 3. The van der Waals surface area contributed by atoms with Crippen molar-refractivity contribution in [3.05, 3.63) is 5.21 Å². The minimum Gasteiger partial charge on any atom is -0.632 e. The molecule has 4 unspecified atom stereocenters. The second-order valence-corrected chi connectivity index (χ2v) is 3.68. The summed E-state index contributed by atoms with van der Waals surface area (Å²) in [5.41, 5.74) is 0. The molecule has 0 saturated carbocycles. The van der Waals surface area contributed by atoms with Crippen molar-refractivity contribution in [2.45, 2.75) is 39.0 Å². The molecule has 0 amide bonds. The second kappa shape index (κ2) is 3.62. The van der Waals surface area contributed by atoms with Gasteiger partial charge in [0, 0.05) is 0 Å². The van der Waals surface area contributed by atoms with Crippen LogP contribution in [-0.4, -0.2) is 36.0 Å². The van der Waals surface area contributed by atoms with Crippen LogP contribution >= 0.6 is 0 Å². The number of ether oxygens (including phenoxy) is 1. The zero-order chi connectivity index (χ0) is 10.1. The summed E-state index contributed by atoms with van der Waals surface area (Å²) in [6.45, 7) is 6.33. The van der Waals surface area contributed by atoms with Crippen LogP contribution in [-0.2, 0) is 4.74 Å². The number of morpholine rings is 1. The number of quaternary nitrogens is 1. The van der Waals surface area contributed by atoms with Gasteiger partial charge in [0.1, 0.15) is 24.8 Å². The standard InChI is InChI=1S/C9H16N2O2/c1-4-11(12)6-7(2)13-8(3)9(11)5-10/h7-9H,4,6H2,1-3H3. The van der Waals surface area contributed by atoms with Gasteiger partial charge in [-0.3, -0.25) is 0 Å². The minimum absolute atomic E-state index is 0.0444. The summed E-state index contributed by atoms with van der Waals surface area (Å²) in [6.07, 6.45) is -0.303. The molecule has 4 nitrogen and oxygen atoms in total. The molecule has 0 aliphatic carbocycles. The highest BCUT2D eigenvalue weighted by atomic mass is 16.6. The molecule has 0 aromatic carbocycles. The number of nitriles is 1. The first kappa shape index (κ1) is 10.5. The summed E-state index contributed by atoms with van der Waals surface area (Å²) in [7, 11) is 0. The Morgan fingerprint density at radius 2 is 2.23 bits per heavy atom. The molecule has 0 radical (unpaired) electrons. The van der Waals surface area contributed by atoms with Crippen molar-refractivity contribution in [3.8, 4) is 6.07 Å². The van der Waals surface area contributed by atoms with Gasteiger partial charge in [0.05, 0.1) is 6.54 Å². The zero-order valence-corrected chi connectivity index (χ0v) is 8.36. The lowest BCUT2D eigenvalue weighted by Crippen LogP contribution is -2.62. The van der Waals surface area contributed by atoms with Crippen LogP contribution in [0, 0.1) is 16.5 Å². The predicted octanol–water partition coefficient (Wildman–Crippen LogP) is 1.02. The normalized spacial score (nSPS) is 45.6. The lowest BCUT2D eigenvalue weighted by atomic mass is 10.1. The van der Waals surface area contributed by atoms with Gasteiger partial charge in [-0.15, -0.1) is 0 Å². The van der Waals surface area contributed by atoms with Crippen molar-refractivity contribution >= 4 is 0 Å². The van der Waals surface area contributed by atoms with Crippen molar-refractivity contribution in [2.24, 2.45) is 0 Å². The van der Waals surface area contributed by atoms with E-state index in [-0.39, 0.29) is 12.2 Å². The number of likely N-dealkylation sites (N-methyl/N-ethyl adjacent to an activating group) is 1. The molecular formula is C9H16N2O2. The van der Waals surface area contributed by atoms with E-state index in [1.807, 2.05) is 13.8 Å². The maximum absolute atomic E-state index is 12.1. The van der Waals surface area contributed by atoms with Crippen molar-refractivity contribution in [3.63, 3.8) is 0 Å². The van der Waals surface area contributed by atoms with Crippen LogP contribution in [0.15, 0.2) is 0 Å². The van der Waals surface area contributed by atoms with E-state index < -0.39 is 10.7 Å². The Morgan fingerprint density at radius 3 is 2.69 bits per heavy atom. The van der Waals surface area contributed by atoms with Gasteiger partial charge < -0.3 is 14.6 Å². The van der Waals surface area contributed by atoms with Gasteiger partial charge in [-0.2, -0.15) is 5.26 Å². The zero-order valence-electron chi connectivity index (χ0n) is 8.36. The summed E-state index contributed by atoms with van der Waals surface area (Å²) in [6, 6.07) is 1.48. The van der Waals surface area contributed by atoms with Crippen LogP contribution in [0.25, 0.3) is 0 Å². The molecule has 1 aliphatic heterocycles. The summed E-state index contributed by atoms with van der Waals surface area (Å²) in [5, 5.41) is 21.0. The average molecular weight is 184 g/mol. The molecule has 0 spiro atoms. The largest absolute Gasteiger partial charge is 0.632 e. The van der Waals surface area contributed by atoms with Crippen LogP contribution in [0.5, 0.6) is 0 Å². The topological polar surface area (TPSA) is 56.1 Å². The molecule has 0 N–H and O–H groups in total. The first-order valence-electron chi connectivity index (χ1n) is 4.66. The van der Waals surface area contributed by atoms with E-state index in [2.05, 4.69) is 6.07 Å². The molecule has 0 aromatic rings. The number of nitrogens with zero attached hydrogens (tertiary/aromatic N) is 2. The Hall–Kier alpha value is -0.630. The highest BCUT2D eigenvalue weighted by Gasteiger charge is 2.40. The third kappa shape index (κ3) is 1.83. The quantitative estimate of drug-likeness (QED) is 0.451. The Labute approximate surface area is 78.9 Å². The highest BCUT2D eigenvalue weighted by Crippen LogP contribution is 2.24. The van der Waals surface area contributed by atoms with E-state index in [1.54, 1.807) is 6.92 Å². The molecule has 4 atom stereocenters. The average Bonchev–Trinajstić information content (AvgIpc) is 2.03. The van der Waals surface area contributed by atoms with Gasteiger partial charge in [0.15, 0.2) is 0 Å². The SMILES string of the molecule is CC[N+]1([O-])CC(C)OC(C)C1C#N. The molecule has 74 valence electrons. The Bertz CT molecular complexity index is 226. The van der Waals surface area contributed by atoms with Gasteiger partial charge in [-0.05, 0) is 20.8 Å². The van der Waals surface area contributed by atoms with Crippen LogP contribution in [0.2, 0.25) is 0 Å². The maximum Gasteiger partial charge on any atom is 0.202 e. The molecule has 4 heteroatoms. The lowest BCUT2D eigenvalue weighted by molar-refractivity contribution is -0.911. The van der Waals surface area contributed by atoms with Crippen LogP contribution in [0.4, 0.5) is 0 Å². The molecule has 1 aliphatic rings. The molecule has 1 rings (SSSR count). The summed E-state index contributed by atoms with van der Waals surface area (Å²) < 4.78 is 5.02. The van der Waals surface area contributed by atoms with Crippen molar-refractivity contribution in [1.29, 1.82) is 5.26 Å². The van der Waals surface area contributed by atoms with E-state index in [9.17, 15) is 5.21 Å². The van der Waals surface area contributed by atoms with Crippen molar-refractivity contribution < 1.29 is 9.38 Å². The van der Waals surface area contributed by atoms with E-state index in [1.165, 1.54) is 0 Å². The third-order valence-corrected chi connectivity index (χ3v) is 2.63. The predicted molar refractivity (Wildman–Crippen MR) is 48.4 cm³/mol. The van der Waals surface area contributed by atoms with Crippen molar-refractivity contribution in [2.75, 3.05) is 13.1 Å². The van der Waals surface area contributed by atoms with Crippen LogP contribution in [0.3, 0.4) is 0 Å². The number of hydrogen-bond acceptors (Lipinski definition) is 3. The smallest absolute Gasteiger partial charge is 0.202 e. The minimum atomic E-state index is -0.568. The van der Waals surface area contributed by atoms with Gasteiger partial charge in [0.25, 0.3) is 0 Å².